The van der Waals surface area contributed by atoms with Crippen LogP contribution in [0.25, 0.3) is 0 Å². The van der Waals surface area contributed by atoms with E-state index in [0.29, 0.717) is 35.3 Å². The van der Waals surface area contributed by atoms with Gasteiger partial charge in [0.2, 0.25) is 0 Å². The molecule has 2 aromatic carbocycles. The van der Waals surface area contributed by atoms with Crippen LogP contribution in [-0.2, 0) is 33.8 Å². The first-order chi connectivity index (χ1) is 18.5. The fourth-order valence-corrected chi connectivity index (χ4v) is 5.47. The van der Waals surface area contributed by atoms with Crippen molar-refractivity contribution in [3.05, 3.63) is 75.7 Å². The first-order valence-corrected chi connectivity index (χ1v) is 13.4. The molecule has 0 unspecified atom stereocenters. The zero-order valence-electron chi connectivity index (χ0n) is 21.9. The van der Waals surface area contributed by atoms with E-state index in [-0.39, 0.29) is 12.6 Å². The molecule has 3 aromatic rings. The molecular formula is C29H32N2O6S. The number of carbonyl (C=O) groups excluding carboxylic acids is 2. The third-order valence-electron chi connectivity index (χ3n) is 6.02. The van der Waals surface area contributed by atoms with Crippen LogP contribution in [0.3, 0.4) is 0 Å². The molecule has 8 nitrogen and oxygen atoms in total. The van der Waals surface area contributed by atoms with Gasteiger partial charge in [-0.15, -0.1) is 11.3 Å². The van der Waals surface area contributed by atoms with Crippen molar-refractivity contribution in [1.29, 1.82) is 0 Å². The second kappa shape index (κ2) is 13.2. The predicted molar refractivity (Wildman–Crippen MR) is 147 cm³/mol. The second-order valence-corrected chi connectivity index (χ2v) is 9.70. The maximum absolute atomic E-state index is 12.9. The maximum atomic E-state index is 12.9. The SMILES string of the molecule is CCOC(=O)c1c(N=Cc2ccc(OCC(=O)OC)c(OCC)c2)sc2c1CCN(Cc1ccccc1)C2. The lowest BCUT2D eigenvalue weighted by atomic mass is 10.0. The van der Waals surface area contributed by atoms with Gasteiger partial charge in [0.05, 0.1) is 25.9 Å². The molecule has 0 amide bonds. The highest BCUT2D eigenvalue weighted by Crippen LogP contribution is 2.40. The van der Waals surface area contributed by atoms with Gasteiger partial charge in [0.25, 0.3) is 0 Å². The topological polar surface area (TPSA) is 86.7 Å². The lowest BCUT2D eigenvalue weighted by molar-refractivity contribution is -0.142. The molecule has 0 N–H and O–H groups in total. The van der Waals surface area contributed by atoms with Gasteiger partial charge in [-0.05, 0) is 55.2 Å². The molecule has 1 aliphatic rings. The van der Waals surface area contributed by atoms with Gasteiger partial charge in [0, 0.05) is 30.7 Å². The molecule has 0 saturated carbocycles. The highest BCUT2D eigenvalue weighted by Gasteiger charge is 2.28. The Morgan fingerprint density at radius 3 is 2.61 bits per heavy atom. The molecule has 0 fully saturated rings. The minimum Gasteiger partial charge on any atom is -0.490 e. The summed E-state index contributed by atoms with van der Waals surface area (Å²) in [7, 11) is 1.31. The summed E-state index contributed by atoms with van der Waals surface area (Å²) in [5.41, 5.74) is 3.63. The zero-order chi connectivity index (χ0) is 26.9. The van der Waals surface area contributed by atoms with E-state index in [1.54, 1.807) is 25.3 Å². The summed E-state index contributed by atoms with van der Waals surface area (Å²) in [6.07, 6.45) is 2.47. The number of ether oxygens (including phenoxy) is 4. The number of carbonyl (C=O) groups is 2. The van der Waals surface area contributed by atoms with Gasteiger partial charge in [0.1, 0.15) is 5.00 Å². The number of fused-ring (bicyclic) bond motifs is 1. The molecule has 200 valence electrons. The number of rotatable bonds is 11. The first kappa shape index (κ1) is 27.3. The average molecular weight is 537 g/mol. The zero-order valence-corrected chi connectivity index (χ0v) is 22.7. The van der Waals surface area contributed by atoms with Gasteiger partial charge in [-0.2, -0.15) is 0 Å². The number of benzene rings is 2. The fourth-order valence-electron chi connectivity index (χ4n) is 4.24. The second-order valence-electron chi connectivity index (χ2n) is 8.61. The Labute approximate surface area is 226 Å². The monoisotopic (exact) mass is 536 g/mol. The summed E-state index contributed by atoms with van der Waals surface area (Å²) >= 11 is 1.53. The summed E-state index contributed by atoms with van der Waals surface area (Å²) in [5.74, 6) is 0.114. The molecule has 0 aliphatic carbocycles. The quantitative estimate of drug-likeness (QED) is 0.246. The van der Waals surface area contributed by atoms with Crippen LogP contribution in [0.15, 0.2) is 53.5 Å². The average Bonchev–Trinajstić information content (AvgIpc) is 3.29. The number of aliphatic imine (C=N–C) groups is 1. The van der Waals surface area contributed by atoms with Gasteiger partial charge in [-0.3, -0.25) is 4.90 Å². The van der Waals surface area contributed by atoms with E-state index in [9.17, 15) is 9.59 Å². The smallest absolute Gasteiger partial charge is 0.343 e. The van der Waals surface area contributed by atoms with E-state index in [1.807, 2.05) is 19.1 Å². The molecule has 0 spiro atoms. The lowest BCUT2D eigenvalue weighted by Crippen LogP contribution is -2.29. The van der Waals surface area contributed by atoms with Crippen LogP contribution in [0.4, 0.5) is 5.00 Å². The van der Waals surface area contributed by atoms with Gasteiger partial charge >= 0.3 is 11.9 Å². The van der Waals surface area contributed by atoms with Crippen molar-refractivity contribution < 1.29 is 28.5 Å². The molecule has 0 bridgehead atoms. The summed E-state index contributed by atoms with van der Waals surface area (Å²) in [6, 6.07) is 15.7. The molecular weight excluding hydrogens is 504 g/mol. The number of esters is 2. The standard InChI is InChI=1S/C29H32N2O6S/c1-4-35-24-15-21(11-12-23(24)37-19-26(32)34-3)16-30-28-27(29(33)36-5-2)22-13-14-31(18-25(22)38-28)17-20-9-7-6-8-10-20/h6-12,15-16H,4-5,13-14,17-19H2,1-3H3. The largest absolute Gasteiger partial charge is 0.490 e. The van der Waals surface area contributed by atoms with E-state index in [4.69, 9.17) is 19.2 Å². The molecule has 9 heteroatoms. The number of methoxy groups -OCH3 is 1. The fraction of sp³-hybridized carbons (Fsp3) is 0.345. The Bertz CT molecular complexity index is 1290. The Hall–Kier alpha value is -3.69. The molecule has 1 aliphatic heterocycles. The molecule has 0 radical (unpaired) electrons. The van der Waals surface area contributed by atoms with Crippen LogP contribution in [0, 0.1) is 0 Å². The Morgan fingerprint density at radius 1 is 1.05 bits per heavy atom. The summed E-state index contributed by atoms with van der Waals surface area (Å²) in [6.45, 7) is 6.67. The van der Waals surface area contributed by atoms with E-state index in [0.717, 1.165) is 42.1 Å². The van der Waals surface area contributed by atoms with E-state index >= 15 is 0 Å². The highest BCUT2D eigenvalue weighted by molar-refractivity contribution is 7.16. The molecule has 38 heavy (non-hydrogen) atoms. The van der Waals surface area contributed by atoms with Gasteiger partial charge in [-0.1, -0.05) is 30.3 Å². The summed E-state index contributed by atoms with van der Waals surface area (Å²) in [5, 5.41) is 0.638. The molecule has 1 aromatic heterocycles. The minimum atomic E-state index is -0.478. The highest BCUT2D eigenvalue weighted by atomic mass is 32.1. The van der Waals surface area contributed by atoms with Gasteiger partial charge in [-0.25, -0.2) is 14.6 Å². The van der Waals surface area contributed by atoms with Crippen LogP contribution in [-0.4, -0.2) is 56.5 Å². The van der Waals surface area contributed by atoms with Gasteiger partial charge < -0.3 is 18.9 Å². The van der Waals surface area contributed by atoms with E-state index in [2.05, 4.69) is 33.9 Å². The Morgan fingerprint density at radius 2 is 1.87 bits per heavy atom. The van der Waals surface area contributed by atoms with Crippen molar-refractivity contribution >= 4 is 34.5 Å². The van der Waals surface area contributed by atoms with Crippen LogP contribution in [0.2, 0.25) is 0 Å². The normalized spacial score (nSPS) is 13.2. The van der Waals surface area contributed by atoms with Crippen LogP contribution >= 0.6 is 11.3 Å². The van der Waals surface area contributed by atoms with Crippen LogP contribution < -0.4 is 9.47 Å². The summed E-state index contributed by atoms with van der Waals surface area (Å²) in [4.78, 5) is 32.6. The van der Waals surface area contributed by atoms with Crippen molar-refractivity contribution in [2.45, 2.75) is 33.4 Å². The molecule has 4 rings (SSSR count). The number of hydrogen-bond acceptors (Lipinski definition) is 9. The molecule has 0 saturated heterocycles. The number of nitrogens with zero attached hydrogens (tertiary/aromatic N) is 2. The number of hydrogen-bond donors (Lipinski definition) is 0. The lowest BCUT2D eigenvalue weighted by Gasteiger charge is -2.27. The Kier molecular flexibility index (Phi) is 9.51. The van der Waals surface area contributed by atoms with Crippen LogP contribution in [0.1, 0.15) is 45.8 Å². The molecule has 0 atom stereocenters. The molecule has 2 heterocycles. The predicted octanol–water partition coefficient (Wildman–Crippen LogP) is 5.18. The van der Waals surface area contributed by atoms with Crippen molar-refractivity contribution in [2.75, 3.05) is 33.5 Å². The van der Waals surface area contributed by atoms with E-state index in [1.165, 1.54) is 24.0 Å². The summed E-state index contributed by atoms with van der Waals surface area (Å²) < 4.78 is 21.3. The first-order valence-electron chi connectivity index (χ1n) is 12.6. The third kappa shape index (κ3) is 6.79. The third-order valence-corrected chi connectivity index (χ3v) is 7.14. The van der Waals surface area contributed by atoms with Crippen molar-refractivity contribution in [1.82, 2.24) is 4.90 Å². The maximum Gasteiger partial charge on any atom is 0.343 e. The number of thiophene rings is 1. The van der Waals surface area contributed by atoms with Crippen LogP contribution in [0.5, 0.6) is 11.5 Å². The van der Waals surface area contributed by atoms with Crippen molar-refractivity contribution in [2.24, 2.45) is 4.99 Å². The van der Waals surface area contributed by atoms with Crippen molar-refractivity contribution in [3.63, 3.8) is 0 Å². The Balaban J connectivity index is 1.58. The minimum absolute atomic E-state index is 0.213. The van der Waals surface area contributed by atoms with Gasteiger partial charge in [0.15, 0.2) is 18.1 Å². The van der Waals surface area contributed by atoms with E-state index < -0.39 is 5.97 Å². The van der Waals surface area contributed by atoms with Crippen molar-refractivity contribution in [3.8, 4) is 11.5 Å².